The molecule has 0 radical (unpaired) electrons. The summed E-state index contributed by atoms with van der Waals surface area (Å²) in [5.74, 6) is 0.305. The largest absolute Gasteiger partial charge is 0.476 e. The lowest BCUT2D eigenvalue weighted by Crippen LogP contribution is -2.52. The van der Waals surface area contributed by atoms with Gasteiger partial charge in [0, 0.05) is 24.2 Å². The van der Waals surface area contributed by atoms with Crippen molar-refractivity contribution in [3.8, 4) is 0 Å². The summed E-state index contributed by atoms with van der Waals surface area (Å²) in [6.07, 6.45) is 12.3. The molecule has 2 aliphatic carbocycles. The average Bonchev–Trinajstić information content (AvgIpc) is 3.09. The second-order valence-corrected chi connectivity index (χ2v) is 10.9. The summed E-state index contributed by atoms with van der Waals surface area (Å²) in [6.45, 7) is 0. The van der Waals surface area contributed by atoms with Crippen LogP contribution in [0.4, 0.5) is 0 Å². The molecule has 2 saturated heterocycles. The fourth-order valence-electron chi connectivity index (χ4n) is 7.79. The van der Waals surface area contributed by atoms with E-state index in [4.69, 9.17) is 0 Å². The van der Waals surface area contributed by atoms with Crippen LogP contribution in [0, 0.1) is 11.8 Å². The third-order valence-electron chi connectivity index (χ3n) is 8.98. The number of rotatable bonds is 4. The van der Waals surface area contributed by atoms with E-state index < -0.39 is 17.2 Å². The maximum atomic E-state index is 13.6. The van der Waals surface area contributed by atoms with Crippen molar-refractivity contribution in [1.82, 2.24) is 14.5 Å². The Kier molecular flexibility index (Phi) is 5.43. The Labute approximate surface area is 198 Å². The first-order valence-corrected chi connectivity index (χ1v) is 12.8. The molecule has 0 unspecified atom stereocenters. The average molecular weight is 465 g/mol. The number of hydrogen-bond acceptors (Lipinski definition) is 6. The Morgan fingerprint density at radius 3 is 2.24 bits per heavy atom. The van der Waals surface area contributed by atoms with Crippen LogP contribution in [0.15, 0.2) is 34.2 Å². The predicted molar refractivity (Wildman–Crippen MR) is 127 cm³/mol. The second kappa shape index (κ2) is 8.48. The maximum absolute atomic E-state index is 13.6. The molecular weight excluding hydrogens is 432 g/mol. The first-order valence-electron chi connectivity index (χ1n) is 12.8. The van der Waals surface area contributed by atoms with Gasteiger partial charge in [0.1, 0.15) is 0 Å². The number of hydrogen-bond donors (Lipinski definition) is 2. The van der Waals surface area contributed by atoms with Crippen molar-refractivity contribution in [2.45, 2.75) is 88.4 Å². The van der Waals surface area contributed by atoms with Gasteiger partial charge in [0.2, 0.25) is 5.71 Å². The van der Waals surface area contributed by atoms with Crippen LogP contribution < -0.4 is 5.56 Å². The van der Waals surface area contributed by atoms with Crippen molar-refractivity contribution in [2.24, 2.45) is 17.0 Å². The highest BCUT2D eigenvalue weighted by Crippen LogP contribution is 2.48. The van der Waals surface area contributed by atoms with Crippen molar-refractivity contribution in [3.63, 3.8) is 0 Å². The molecule has 2 N–H and O–H groups in total. The van der Waals surface area contributed by atoms with E-state index >= 15 is 0 Å². The number of aliphatic carboxylic acids is 1. The van der Waals surface area contributed by atoms with Gasteiger partial charge in [-0.1, -0.05) is 36.6 Å². The van der Waals surface area contributed by atoms with Gasteiger partial charge in [-0.05, 0) is 68.9 Å². The summed E-state index contributed by atoms with van der Waals surface area (Å²) >= 11 is 0. The van der Waals surface area contributed by atoms with E-state index in [1.54, 1.807) is 10.6 Å². The molecule has 1 aromatic heterocycles. The minimum atomic E-state index is -1.47. The third-order valence-corrected chi connectivity index (χ3v) is 8.98. The smallest absolute Gasteiger partial charge is 0.360 e. The maximum Gasteiger partial charge on any atom is 0.360 e. The summed E-state index contributed by atoms with van der Waals surface area (Å²) in [7, 11) is 0. The van der Waals surface area contributed by atoms with E-state index in [1.807, 2.05) is 18.2 Å². The molecule has 180 valence electrons. The van der Waals surface area contributed by atoms with Gasteiger partial charge < -0.3 is 14.9 Å². The number of para-hydroxylation sites is 2. The van der Waals surface area contributed by atoms with Gasteiger partial charge in [-0.25, -0.2) is 9.78 Å². The number of piperidine rings is 1. The molecule has 8 heteroatoms. The number of fused-ring (bicyclic) bond motifs is 5. The molecule has 6 atom stereocenters. The molecule has 8 nitrogen and oxygen atoms in total. The summed E-state index contributed by atoms with van der Waals surface area (Å²) < 4.78 is 1.74. The minimum Gasteiger partial charge on any atom is -0.476 e. The third kappa shape index (κ3) is 3.54. The highest BCUT2D eigenvalue weighted by molar-refractivity contribution is 6.41. The Hall–Kier alpha value is -2.74. The molecule has 4 bridgehead atoms. The summed E-state index contributed by atoms with van der Waals surface area (Å²) in [6, 6.07) is 8.91. The van der Waals surface area contributed by atoms with Crippen LogP contribution in [0.25, 0.3) is 11.0 Å². The summed E-state index contributed by atoms with van der Waals surface area (Å²) in [4.78, 5) is 32.3. The monoisotopic (exact) mass is 464 g/mol. The molecule has 2 saturated carbocycles. The van der Waals surface area contributed by atoms with E-state index in [-0.39, 0.29) is 11.7 Å². The van der Waals surface area contributed by atoms with Crippen molar-refractivity contribution in [3.05, 3.63) is 40.3 Å². The van der Waals surface area contributed by atoms with E-state index in [9.17, 15) is 19.9 Å². The van der Waals surface area contributed by atoms with Crippen molar-refractivity contribution < 1.29 is 15.1 Å². The Bertz CT molecular complexity index is 1180. The van der Waals surface area contributed by atoms with Crippen LogP contribution in [0.1, 0.15) is 75.9 Å². The molecule has 1 aromatic carbocycles. The van der Waals surface area contributed by atoms with Gasteiger partial charge >= 0.3 is 5.97 Å². The highest BCUT2D eigenvalue weighted by Gasteiger charge is 2.47. The van der Waals surface area contributed by atoms with Gasteiger partial charge in [-0.3, -0.25) is 9.69 Å². The number of aromatic nitrogens is 2. The first-order chi connectivity index (χ1) is 16.5. The molecule has 0 spiro atoms. The quantitative estimate of drug-likeness (QED) is 0.405. The predicted octanol–water partition coefficient (Wildman–Crippen LogP) is 3.80. The molecule has 3 heterocycles. The standard InChI is InChI=1S/C26H32N4O4/c31-25-23(24(28-34)26(32)33)27-21-6-1-2-7-22(21)30(25)20-13-17-8-9-18(14-20)29(17)19-11-15-4-3-5-16(10-15)12-19/h1-2,6-7,15-20,34H,3-5,8-14H2,(H,32,33)/b28-24-/t15-,16+,17-,18+,19+,20+. The number of oxime groups is 1. The molecule has 0 amide bonds. The van der Waals surface area contributed by atoms with Crippen LogP contribution in [-0.2, 0) is 4.79 Å². The van der Waals surface area contributed by atoms with Gasteiger partial charge in [-0.15, -0.1) is 0 Å². The van der Waals surface area contributed by atoms with Crippen LogP contribution in [0.5, 0.6) is 0 Å². The zero-order chi connectivity index (χ0) is 23.4. The van der Waals surface area contributed by atoms with E-state index in [0.29, 0.717) is 29.2 Å². The second-order valence-electron chi connectivity index (χ2n) is 10.9. The minimum absolute atomic E-state index is 0.0234. The van der Waals surface area contributed by atoms with Gasteiger partial charge in [-0.2, -0.15) is 0 Å². The van der Waals surface area contributed by atoms with Crippen LogP contribution in [-0.4, -0.2) is 54.6 Å². The zero-order valence-electron chi connectivity index (χ0n) is 19.3. The number of nitrogens with zero attached hydrogens (tertiary/aromatic N) is 4. The van der Waals surface area contributed by atoms with Gasteiger partial charge in [0.25, 0.3) is 5.56 Å². The Balaban J connectivity index is 1.35. The van der Waals surface area contributed by atoms with Gasteiger partial charge in [0.15, 0.2) is 5.69 Å². The van der Waals surface area contributed by atoms with Crippen LogP contribution >= 0.6 is 0 Å². The number of carboxylic acid groups (broad SMARTS) is 1. The lowest BCUT2D eigenvalue weighted by molar-refractivity contribution is -0.129. The summed E-state index contributed by atoms with van der Waals surface area (Å²) in [5, 5.41) is 21.7. The first kappa shape index (κ1) is 21.8. The van der Waals surface area contributed by atoms with E-state index in [0.717, 1.165) is 37.5 Å². The molecule has 4 fully saturated rings. The van der Waals surface area contributed by atoms with E-state index in [2.05, 4.69) is 15.0 Å². The fraction of sp³-hybridized carbons (Fsp3) is 0.615. The highest BCUT2D eigenvalue weighted by atomic mass is 16.4. The molecule has 2 aliphatic heterocycles. The van der Waals surface area contributed by atoms with Gasteiger partial charge in [0.05, 0.1) is 11.0 Å². The van der Waals surface area contributed by atoms with Crippen LogP contribution in [0.2, 0.25) is 0 Å². The fourth-order valence-corrected chi connectivity index (χ4v) is 7.79. The van der Waals surface area contributed by atoms with Crippen LogP contribution in [0.3, 0.4) is 0 Å². The Morgan fingerprint density at radius 1 is 0.912 bits per heavy atom. The SMILES string of the molecule is O=C(O)/C(=N\O)c1nc2ccccc2n([C@H]2C[C@H]3CC[C@@H](C2)N3[C@H]2C[C@@H]3CCC[C@@H](C3)C2)c1=O. The van der Waals surface area contributed by atoms with Crippen molar-refractivity contribution >= 4 is 22.7 Å². The number of benzene rings is 1. The molecule has 2 aromatic rings. The van der Waals surface area contributed by atoms with Crippen molar-refractivity contribution in [2.75, 3.05) is 0 Å². The molecule has 6 rings (SSSR count). The van der Waals surface area contributed by atoms with E-state index in [1.165, 1.54) is 38.5 Å². The topological polar surface area (TPSA) is 108 Å². The number of carbonyl (C=O) groups is 1. The zero-order valence-corrected chi connectivity index (χ0v) is 19.3. The summed E-state index contributed by atoms with van der Waals surface area (Å²) in [5.41, 5.74) is -0.250. The number of carboxylic acids is 1. The van der Waals surface area contributed by atoms with Crippen molar-refractivity contribution in [1.29, 1.82) is 0 Å². The Morgan fingerprint density at radius 2 is 1.59 bits per heavy atom. The normalized spacial score (nSPS) is 33.8. The molecule has 34 heavy (non-hydrogen) atoms. The molecule has 4 aliphatic rings. The lowest BCUT2D eigenvalue weighted by atomic mass is 9.69. The lowest BCUT2D eigenvalue weighted by Gasteiger charge is -2.49. The molecular formula is C26H32N4O4.